The lowest BCUT2D eigenvalue weighted by Gasteiger charge is -2.12. The van der Waals surface area contributed by atoms with Gasteiger partial charge in [-0.2, -0.15) is 0 Å². The fourth-order valence-electron chi connectivity index (χ4n) is 1.37. The quantitative estimate of drug-likeness (QED) is 0.607. The second kappa shape index (κ2) is 6.41. The summed E-state index contributed by atoms with van der Waals surface area (Å²) in [6, 6.07) is 0.395. The molecular weight excluding hydrogens is 134 g/mol. The minimum atomic E-state index is 0.395. The van der Waals surface area contributed by atoms with E-state index < -0.39 is 0 Å². The molecular formula is C10H21N. The number of rotatable bonds is 5. The molecule has 66 valence electrons. The molecule has 1 heteroatoms. The van der Waals surface area contributed by atoms with Gasteiger partial charge in [-0.1, -0.05) is 32.4 Å². The number of hydrogen-bond acceptors (Lipinski definition) is 1. The maximum Gasteiger partial charge on any atom is 0.00442 e. The van der Waals surface area contributed by atoms with Crippen LogP contribution in [0.25, 0.3) is 0 Å². The normalized spacial score (nSPS) is 17.1. The van der Waals surface area contributed by atoms with Crippen LogP contribution in [0, 0.1) is 5.92 Å². The molecule has 0 fully saturated rings. The summed E-state index contributed by atoms with van der Waals surface area (Å²) in [6.45, 7) is 6.46. The largest absolute Gasteiger partial charge is 0.328 e. The van der Waals surface area contributed by atoms with Crippen LogP contribution in [0.15, 0.2) is 12.2 Å². The highest BCUT2D eigenvalue weighted by Crippen LogP contribution is 2.09. The summed E-state index contributed by atoms with van der Waals surface area (Å²) in [6.07, 6.45) is 7.79. The first-order valence-electron chi connectivity index (χ1n) is 4.59. The first-order chi connectivity index (χ1) is 5.20. The fraction of sp³-hybridized carbons (Fsp3) is 0.800. The molecule has 2 N–H and O–H groups in total. The molecule has 0 aliphatic heterocycles. The molecule has 11 heavy (non-hydrogen) atoms. The predicted molar refractivity (Wildman–Crippen MR) is 51.5 cm³/mol. The van der Waals surface area contributed by atoms with Gasteiger partial charge >= 0.3 is 0 Å². The second-order valence-corrected chi connectivity index (χ2v) is 3.29. The Morgan fingerprint density at radius 1 is 1.45 bits per heavy atom. The third-order valence-corrected chi connectivity index (χ3v) is 1.85. The maximum atomic E-state index is 5.88. The van der Waals surface area contributed by atoms with E-state index in [2.05, 4.69) is 32.9 Å². The highest BCUT2D eigenvalue weighted by atomic mass is 14.6. The van der Waals surface area contributed by atoms with Crippen LogP contribution in [0.3, 0.4) is 0 Å². The Morgan fingerprint density at radius 3 is 2.55 bits per heavy atom. The molecule has 2 atom stereocenters. The molecule has 0 aliphatic rings. The van der Waals surface area contributed by atoms with Crippen molar-refractivity contribution >= 4 is 0 Å². The third kappa shape index (κ3) is 6.11. The lowest BCUT2D eigenvalue weighted by molar-refractivity contribution is 0.498. The minimum Gasteiger partial charge on any atom is -0.328 e. The molecule has 0 aromatic rings. The zero-order valence-corrected chi connectivity index (χ0v) is 8.01. The van der Waals surface area contributed by atoms with Gasteiger partial charge in [-0.05, 0) is 25.7 Å². The van der Waals surface area contributed by atoms with E-state index in [1.165, 1.54) is 6.42 Å². The highest BCUT2D eigenvalue weighted by Gasteiger charge is 2.04. The fourth-order valence-corrected chi connectivity index (χ4v) is 1.37. The Balaban J connectivity index is 3.48. The van der Waals surface area contributed by atoms with Gasteiger partial charge in [0.1, 0.15) is 0 Å². The van der Waals surface area contributed by atoms with Gasteiger partial charge in [0.2, 0.25) is 0 Å². The molecule has 0 radical (unpaired) electrons. The molecule has 0 aromatic heterocycles. The summed E-state index contributed by atoms with van der Waals surface area (Å²) in [5.74, 6) is 0.640. The zero-order valence-electron chi connectivity index (χ0n) is 8.01. The molecule has 0 spiro atoms. The zero-order chi connectivity index (χ0) is 8.69. The summed E-state index contributed by atoms with van der Waals surface area (Å²) in [5, 5.41) is 0. The number of allylic oxidation sites excluding steroid dienone is 2. The van der Waals surface area contributed by atoms with Gasteiger partial charge in [0.15, 0.2) is 0 Å². The average Bonchev–Trinajstić information content (AvgIpc) is 1.87. The van der Waals surface area contributed by atoms with Gasteiger partial charge in [-0.25, -0.2) is 0 Å². The van der Waals surface area contributed by atoms with Gasteiger partial charge in [0, 0.05) is 6.04 Å². The summed E-state index contributed by atoms with van der Waals surface area (Å²) in [5.41, 5.74) is 5.88. The molecule has 0 amide bonds. The molecule has 0 aromatic carbocycles. The lowest BCUT2D eigenvalue weighted by atomic mass is 9.99. The third-order valence-electron chi connectivity index (χ3n) is 1.85. The van der Waals surface area contributed by atoms with Gasteiger partial charge in [0.05, 0.1) is 0 Å². The molecule has 0 bridgehead atoms. The highest BCUT2D eigenvalue weighted by molar-refractivity contribution is 4.84. The van der Waals surface area contributed by atoms with E-state index in [0.717, 1.165) is 12.8 Å². The molecule has 0 unspecified atom stereocenters. The maximum absolute atomic E-state index is 5.88. The second-order valence-electron chi connectivity index (χ2n) is 3.29. The van der Waals surface area contributed by atoms with E-state index in [1.54, 1.807) is 0 Å². The summed E-state index contributed by atoms with van der Waals surface area (Å²) in [4.78, 5) is 0. The van der Waals surface area contributed by atoms with E-state index in [-0.39, 0.29) is 0 Å². The minimum absolute atomic E-state index is 0.395. The Bertz CT molecular complexity index is 107. The van der Waals surface area contributed by atoms with E-state index in [0.29, 0.717) is 12.0 Å². The van der Waals surface area contributed by atoms with Crippen molar-refractivity contribution in [1.82, 2.24) is 0 Å². The van der Waals surface area contributed by atoms with Crippen molar-refractivity contribution in [1.29, 1.82) is 0 Å². The van der Waals surface area contributed by atoms with Crippen LogP contribution >= 0.6 is 0 Å². The summed E-state index contributed by atoms with van der Waals surface area (Å²) in [7, 11) is 0. The van der Waals surface area contributed by atoms with Crippen molar-refractivity contribution in [3.63, 3.8) is 0 Å². The van der Waals surface area contributed by atoms with Gasteiger partial charge in [-0.3, -0.25) is 0 Å². The van der Waals surface area contributed by atoms with Crippen molar-refractivity contribution in [2.24, 2.45) is 11.7 Å². The molecule has 0 rings (SSSR count). The first-order valence-corrected chi connectivity index (χ1v) is 4.59. The Hall–Kier alpha value is -0.300. The average molecular weight is 155 g/mol. The molecule has 1 nitrogen and oxygen atoms in total. The van der Waals surface area contributed by atoms with E-state index >= 15 is 0 Å². The van der Waals surface area contributed by atoms with Crippen molar-refractivity contribution in [2.75, 3.05) is 0 Å². The van der Waals surface area contributed by atoms with Crippen LogP contribution in [0.1, 0.15) is 40.0 Å². The molecule has 0 aliphatic carbocycles. The van der Waals surface area contributed by atoms with Crippen LogP contribution in [0.4, 0.5) is 0 Å². The van der Waals surface area contributed by atoms with Crippen molar-refractivity contribution in [2.45, 2.75) is 46.1 Å². The van der Waals surface area contributed by atoms with Gasteiger partial charge in [0.25, 0.3) is 0 Å². The number of nitrogens with two attached hydrogens (primary N) is 1. The predicted octanol–water partition coefficient (Wildman–Crippen LogP) is 2.72. The van der Waals surface area contributed by atoms with Crippen molar-refractivity contribution in [3.8, 4) is 0 Å². The topological polar surface area (TPSA) is 26.0 Å². The molecule has 0 saturated carbocycles. The lowest BCUT2D eigenvalue weighted by Crippen LogP contribution is -2.21. The Kier molecular flexibility index (Phi) is 6.24. The van der Waals surface area contributed by atoms with E-state index in [4.69, 9.17) is 5.73 Å². The van der Waals surface area contributed by atoms with Crippen molar-refractivity contribution in [3.05, 3.63) is 12.2 Å². The van der Waals surface area contributed by atoms with Crippen LogP contribution < -0.4 is 5.73 Å². The van der Waals surface area contributed by atoms with Crippen LogP contribution in [0.2, 0.25) is 0 Å². The smallest absolute Gasteiger partial charge is 0.00442 e. The number of hydrogen-bond donors (Lipinski definition) is 1. The Morgan fingerprint density at radius 2 is 2.09 bits per heavy atom. The van der Waals surface area contributed by atoms with Crippen LogP contribution in [-0.4, -0.2) is 6.04 Å². The molecule has 0 saturated heterocycles. The van der Waals surface area contributed by atoms with Crippen molar-refractivity contribution < 1.29 is 0 Å². The van der Waals surface area contributed by atoms with E-state index in [9.17, 15) is 0 Å². The monoisotopic (exact) mass is 155 g/mol. The molecule has 0 heterocycles. The Labute approximate surface area is 70.7 Å². The standard InChI is InChI=1S/C10H21N/c1-4-6-9(3)8-10(11)7-5-2/h4,6,9-10H,5,7-8,11H2,1-3H3/b6-4-/t9-,10+/m1/s1. The van der Waals surface area contributed by atoms with Gasteiger partial charge in [-0.15, -0.1) is 0 Å². The SMILES string of the molecule is C/C=C\[C@@H](C)C[C@@H](N)CCC. The first kappa shape index (κ1) is 10.7. The summed E-state index contributed by atoms with van der Waals surface area (Å²) < 4.78 is 0. The van der Waals surface area contributed by atoms with Crippen LogP contribution in [0.5, 0.6) is 0 Å². The summed E-state index contributed by atoms with van der Waals surface area (Å²) >= 11 is 0. The van der Waals surface area contributed by atoms with E-state index in [1.807, 2.05) is 0 Å². The van der Waals surface area contributed by atoms with Crippen LogP contribution in [-0.2, 0) is 0 Å². The van der Waals surface area contributed by atoms with Gasteiger partial charge < -0.3 is 5.73 Å².